The van der Waals surface area contributed by atoms with E-state index in [0.717, 1.165) is 5.57 Å². The van der Waals surface area contributed by atoms with Gasteiger partial charge in [0.2, 0.25) is 0 Å². The highest BCUT2D eigenvalue weighted by molar-refractivity contribution is 6.55. The van der Waals surface area contributed by atoms with Gasteiger partial charge in [-0.25, -0.2) is 0 Å². The van der Waals surface area contributed by atoms with Gasteiger partial charge in [-0.2, -0.15) is 9.89 Å². The van der Waals surface area contributed by atoms with Gasteiger partial charge in [0.15, 0.2) is 5.71 Å². The Bertz CT molecular complexity index is 364. The fraction of sp³-hybridized carbons (Fsp3) is 0. The molecule has 0 saturated carbocycles. The largest absolute Gasteiger partial charge is 0.361 e. The molecule has 0 aromatic heterocycles. The lowest BCUT2D eigenvalue weighted by atomic mass is 10.0. The Morgan fingerprint density at radius 2 is 2.36 bits per heavy atom. The maximum Gasteiger partial charge on any atom is 0.343 e. The first-order valence-corrected chi connectivity index (χ1v) is 3.14. The van der Waals surface area contributed by atoms with E-state index in [1.165, 1.54) is 0 Å². The van der Waals surface area contributed by atoms with E-state index in [0.29, 0.717) is 11.4 Å². The van der Waals surface area contributed by atoms with Crippen molar-refractivity contribution in [2.45, 2.75) is 0 Å². The predicted molar refractivity (Wildman–Crippen MR) is 41.8 cm³/mol. The SMILES string of the molecule is [N-]=[N+]=C1C=CC=C2C=NN=C21. The number of nitrogens with zero attached hydrogens (tertiary/aromatic N) is 4. The van der Waals surface area contributed by atoms with Crippen molar-refractivity contribution in [3.05, 3.63) is 29.3 Å². The van der Waals surface area contributed by atoms with E-state index in [4.69, 9.17) is 5.53 Å². The molecule has 0 saturated heterocycles. The van der Waals surface area contributed by atoms with E-state index < -0.39 is 0 Å². The Morgan fingerprint density at radius 3 is 3.18 bits per heavy atom. The van der Waals surface area contributed by atoms with Crippen molar-refractivity contribution in [2.24, 2.45) is 10.2 Å². The minimum Gasteiger partial charge on any atom is -0.361 e. The Hall–Kier alpha value is -1.80. The van der Waals surface area contributed by atoms with E-state index in [9.17, 15) is 0 Å². The van der Waals surface area contributed by atoms with Crippen molar-refractivity contribution in [1.82, 2.24) is 0 Å². The average Bonchev–Trinajstić information content (AvgIpc) is 2.50. The van der Waals surface area contributed by atoms with Gasteiger partial charge < -0.3 is 5.53 Å². The summed E-state index contributed by atoms with van der Waals surface area (Å²) in [6.45, 7) is 0. The molecule has 0 radical (unpaired) electrons. The molecule has 4 nitrogen and oxygen atoms in total. The molecule has 2 rings (SSSR count). The van der Waals surface area contributed by atoms with Crippen LogP contribution in [0.5, 0.6) is 0 Å². The summed E-state index contributed by atoms with van der Waals surface area (Å²) >= 11 is 0. The van der Waals surface area contributed by atoms with Gasteiger partial charge in [0.1, 0.15) is 0 Å². The molecule has 2 aliphatic rings. The summed E-state index contributed by atoms with van der Waals surface area (Å²) in [6.07, 6.45) is 6.96. The zero-order chi connectivity index (χ0) is 7.68. The van der Waals surface area contributed by atoms with Crippen LogP contribution in [0.25, 0.3) is 5.53 Å². The van der Waals surface area contributed by atoms with Crippen LogP contribution in [0, 0.1) is 0 Å². The molecule has 4 heteroatoms. The minimum absolute atomic E-state index is 0.458. The first kappa shape index (κ1) is 5.95. The molecule has 52 valence electrons. The molecule has 0 unspecified atom stereocenters. The van der Waals surface area contributed by atoms with Crippen LogP contribution in [0.15, 0.2) is 34.0 Å². The van der Waals surface area contributed by atoms with Crippen LogP contribution in [0.4, 0.5) is 0 Å². The zero-order valence-electron chi connectivity index (χ0n) is 5.60. The summed E-state index contributed by atoms with van der Waals surface area (Å²) in [4.78, 5) is 3.07. The van der Waals surface area contributed by atoms with Crippen molar-refractivity contribution < 1.29 is 4.79 Å². The van der Waals surface area contributed by atoms with Gasteiger partial charge in [0, 0.05) is 11.6 Å². The zero-order valence-corrected chi connectivity index (χ0v) is 5.60. The third kappa shape index (κ3) is 0.772. The second kappa shape index (κ2) is 2.11. The van der Waals surface area contributed by atoms with Gasteiger partial charge in [-0.15, -0.1) is 5.10 Å². The monoisotopic (exact) mass is 144 g/mol. The molecule has 0 bridgehead atoms. The molecule has 1 aliphatic carbocycles. The molecular weight excluding hydrogens is 140 g/mol. The lowest BCUT2D eigenvalue weighted by molar-refractivity contribution is 0.000165. The smallest absolute Gasteiger partial charge is 0.343 e. The molecule has 0 amide bonds. The Morgan fingerprint density at radius 1 is 1.45 bits per heavy atom. The van der Waals surface area contributed by atoms with Crippen LogP contribution in [-0.2, 0) is 0 Å². The van der Waals surface area contributed by atoms with Gasteiger partial charge in [-0.05, 0) is 0 Å². The predicted octanol–water partition coefficient (Wildman–Crippen LogP) is 0.594. The van der Waals surface area contributed by atoms with Gasteiger partial charge in [0.25, 0.3) is 0 Å². The number of hydrogen-bond acceptors (Lipinski definition) is 2. The third-order valence-corrected chi connectivity index (χ3v) is 1.51. The van der Waals surface area contributed by atoms with Crippen molar-refractivity contribution in [1.29, 1.82) is 0 Å². The normalized spacial score (nSPS) is 19.1. The van der Waals surface area contributed by atoms with Gasteiger partial charge in [0.05, 0.1) is 6.21 Å². The maximum absolute atomic E-state index is 8.51. The molecular formula is C7H4N4. The average molecular weight is 144 g/mol. The highest BCUT2D eigenvalue weighted by Gasteiger charge is 2.23. The molecule has 0 aromatic rings. The second-order valence-electron chi connectivity index (χ2n) is 2.16. The van der Waals surface area contributed by atoms with Crippen LogP contribution in [-0.4, -0.2) is 22.4 Å². The van der Waals surface area contributed by atoms with Crippen molar-refractivity contribution in [2.75, 3.05) is 0 Å². The van der Waals surface area contributed by atoms with E-state index in [1.807, 2.05) is 6.08 Å². The second-order valence-corrected chi connectivity index (χ2v) is 2.16. The van der Waals surface area contributed by atoms with E-state index >= 15 is 0 Å². The standard InChI is InChI=1S/C7H4N4/c8-10-6-3-1-2-5-4-9-11-7(5)6/h1-4H. The fourth-order valence-electron chi connectivity index (χ4n) is 0.991. The Labute approximate surface area is 62.9 Å². The lowest BCUT2D eigenvalue weighted by Crippen LogP contribution is -2.16. The van der Waals surface area contributed by atoms with Crippen LogP contribution >= 0.6 is 0 Å². The summed E-state index contributed by atoms with van der Waals surface area (Å²) in [5.41, 5.74) is 10.5. The lowest BCUT2D eigenvalue weighted by Gasteiger charge is -1.95. The molecule has 1 heterocycles. The number of rotatable bonds is 0. The van der Waals surface area contributed by atoms with E-state index in [2.05, 4.69) is 15.0 Å². The summed E-state index contributed by atoms with van der Waals surface area (Å²) < 4.78 is 0. The Balaban J connectivity index is 2.59. The first-order valence-electron chi connectivity index (χ1n) is 3.14. The van der Waals surface area contributed by atoms with Gasteiger partial charge >= 0.3 is 5.71 Å². The van der Waals surface area contributed by atoms with Crippen LogP contribution in [0.2, 0.25) is 0 Å². The summed E-state index contributed by atoms with van der Waals surface area (Å²) in [6, 6.07) is 0. The number of fused-ring (bicyclic) bond motifs is 1. The topological polar surface area (TPSA) is 61.1 Å². The van der Waals surface area contributed by atoms with Gasteiger partial charge in [-0.1, -0.05) is 12.2 Å². The molecule has 1 aliphatic heterocycles. The molecule has 0 aromatic carbocycles. The quantitative estimate of drug-likeness (QED) is 0.271. The summed E-state index contributed by atoms with van der Waals surface area (Å²) in [5, 5.41) is 7.47. The number of hydrogen-bond donors (Lipinski definition) is 0. The van der Waals surface area contributed by atoms with Crippen LogP contribution < -0.4 is 0 Å². The molecule has 0 atom stereocenters. The first-order chi connectivity index (χ1) is 5.42. The number of allylic oxidation sites excluding steroid dienone is 4. The summed E-state index contributed by atoms with van der Waals surface area (Å²) in [7, 11) is 0. The highest BCUT2D eigenvalue weighted by atomic mass is 15.2. The van der Waals surface area contributed by atoms with Crippen LogP contribution in [0.3, 0.4) is 0 Å². The molecule has 11 heavy (non-hydrogen) atoms. The van der Waals surface area contributed by atoms with Crippen molar-refractivity contribution in [3.8, 4) is 0 Å². The third-order valence-electron chi connectivity index (χ3n) is 1.51. The molecule has 0 fully saturated rings. The molecule has 0 spiro atoms. The van der Waals surface area contributed by atoms with Crippen LogP contribution in [0.1, 0.15) is 0 Å². The Kier molecular flexibility index (Phi) is 1.14. The highest BCUT2D eigenvalue weighted by Crippen LogP contribution is 2.09. The summed E-state index contributed by atoms with van der Waals surface area (Å²) in [5.74, 6) is 0. The molecule has 0 N–H and O–H groups in total. The fourth-order valence-corrected chi connectivity index (χ4v) is 0.991. The van der Waals surface area contributed by atoms with Gasteiger partial charge in [-0.3, -0.25) is 0 Å². The maximum atomic E-state index is 8.51. The van der Waals surface area contributed by atoms with Crippen molar-refractivity contribution in [3.63, 3.8) is 0 Å². The van der Waals surface area contributed by atoms with E-state index in [1.54, 1.807) is 18.4 Å². The van der Waals surface area contributed by atoms with Crippen molar-refractivity contribution >= 4 is 17.6 Å². The minimum atomic E-state index is 0.458. The van der Waals surface area contributed by atoms with E-state index in [-0.39, 0.29) is 0 Å².